The van der Waals surface area contributed by atoms with Gasteiger partial charge in [0.2, 0.25) is 11.9 Å². The van der Waals surface area contributed by atoms with E-state index in [1.807, 2.05) is 24.3 Å². The number of nitrogens with one attached hydrogen (secondary N) is 1. The fraction of sp³-hybridized carbons (Fsp3) is 0.471. The molecule has 6 heteroatoms. The largest absolute Gasteiger partial charge is 0.369 e. The predicted octanol–water partition coefficient (Wildman–Crippen LogP) is 2.15. The van der Waals surface area contributed by atoms with Crippen molar-refractivity contribution < 1.29 is 4.79 Å². The number of nitrogens with two attached hydrogens (primary N) is 1. The number of fused-ring (bicyclic) bond motifs is 1. The van der Waals surface area contributed by atoms with Gasteiger partial charge in [0.1, 0.15) is 5.82 Å². The van der Waals surface area contributed by atoms with Crippen LogP contribution in [-0.4, -0.2) is 35.5 Å². The van der Waals surface area contributed by atoms with Gasteiger partial charge in [0.15, 0.2) is 0 Å². The van der Waals surface area contributed by atoms with Crippen molar-refractivity contribution in [1.82, 2.24) is 9.97 Å². The normalized spacial score (nSPS) is 15.8. The maximum atomic E-state index is 11.3. The molecule has 0 bridgehead atoms. The van der Waals surface area contributed by atoms with E-state index in [0.29, 0.717) is 0 Å². The topological polar surface area (TPSA) is 84.1 Å². The number of anilines is 2. The van der Waals surface area contributed by atoms with E-state index in [9.17, 15) is 4.79 Å². The maximum Gasteiger partial charge on any atom is 0.227 e. The lowest BCUT2D eigenvalue weighted by molar-refractivity contribution is -0.122. The van der Waals surface area contributed by atoms with Crippen molar-refractivity contribution in [1.29, 1.82) is 0 Å². The Hall–Kier alpha value is -2.37. The second kappa shape index (κ2) is 6.81. The number of carbonyl (C=O) groups is 1. The molecule has 1 aromatic carbocycles. The molecule has 6 nitrogen and oxygen atoms in total. The molecular formula is C17H23N5O. The summed E-state index contributed by atoms with van der Waals surface area (Å²) in [6.45, 7) is 4.54. The predicted molar refractivity (Wildman–Crippen MR) is 92.5 cm³/mol. The Bertz CT molecular complexity index is 694. The lowest BCUT2D eigenvalue weighted by atomic mass is 9.96. The fourth-order valence-electron chi connectivity index (χ4n) is 2.95. The SMILES string of the molecule is CCCNc1nc(N2CCC(C(N)=O)CC2)nc2ccccc12. The number of aromatic nitrogens is 2. The number of hydrogen-bond donors (Lipinski definition) is 2. The van der Waals surface area contributed by atoms with Crippen molar-refractivity contribution in [2.75, 3.05) is 29.9 Å². The number of amides is 1. The summed E-state index contributed by atoms with van der Waals surface area (Å²) in [6, 6.07) is 8.03. The monoisotopic (exact) mass is 313 g/mol. The zero-order valence-electron chi connectivity index (χ0n) is 13.5. The summed E-state index contributed by atoms with van der Waals surface area (Å²) in [7, 11) is 0. The highest BCUT2D eigenvalue weighted by atomic mass is 16.1. The van der Waals surface area contributed by atoms with Crippen LogP contribution in [0.25, 0.3) is 10.9 Å². The van der Waals surface area contributed by atoms with Gasteiger partial charge in [0.25, 0.3) is 0 Å². The van der Waals surface area contributed by atoms with Gasteiger partial charge in [-0.1, -0.05) is 19.1 Å². The second-order valence-corrected chi connectivity index (χ2v) is 5.98. The number of benzene rings is 1. The van der Waals surface area contributed by atoms with Gasteiger partial charge < -0.3 is 16.0 Å². The number of carbonyl (C=O) groups excluding carboxylic acids is 1. The van der Waals surface area contributed by atoms with Gasteiger partial charge in [0.05, 0.1) is 5.52 Å². The zero-order chi connectivity index (χ0) is 16.2. The highest BCUT2D eigenvalue weighted by Crippen LogP contribution is 2.26. The molecule has 122 valence electrons. The molecule has 23 heavy (non-hydrogen) atoms. The summed E-state index contributed by atoms with van der Waals surface area (Å²) in [6.07, 6.45) is 2.57. The van der Waals surface area contributed by atoms with E-state index < -0.39 is 0 Å². The third-order valence-corrected chi connectivity index (χ3v) is 4.31. The van der Waals surface area contributed by atoms with Crippen LogP contribution < -0.4 is 16.0 Å². The van der Waals surface area contributed by atoms with E-state index in [1.165, 1.54) is 0 Å². The van der Waals surface area contributed by atoms with E-state index in [1.54, 1.807) is 0 Å². The number of piperidine rings is 1. The molecule has 1 aromatic heterocycles. The number of hydrogen-bond acceptors (Lipinski definition) is 5. The average molecular weight is 313 g/mol. The van der Waals surface area contributed by atoms with Crippen LogP contribution >= 0.6 is 0 Å². The van der Waals surface area contributed by atoms with Gasteiger partial charge in [-0.15, -0.1) is 0 Å². The highest BCUT2D eigenvalue weighted by molar-refractivity contribution is 5.90. The van der Waals surface area contributed by atoms with E-state index in [0.717, 1.165) is 61.6 Å². The molecule has 1 fully saturated rings. The first-order valence-corrected chi connectivity index (χ1v) is 8.24. The minimum absolute atomic E-state index is 0.0237. The number of rotatable bonds is 5. The van der Waals surface area contributed by atoms with Crippen LogP contribution in [0.15, 0.2) is 24.3 Å². The minimum Gasteiger partial charge on any atom is -0.369 e. The molecular weight excluding hydrogens is 290 g/mol. The standard InChI is InChI=1S/C17H23N5O/c1-2-9-19-16-13-5-3-4-6-14(13)20-17(21-16)22-10-7-12(8-11-22)15(18)23/h3-6,12H,2,7-11H2,1H3,(H2,18,23)(H,19,20,21). The Balaban J connectivity index is 1.87. The maximum absolute atomic E-state index is 11.3. The van der Waals surface area contributed by atoms with Crippen molar-refractivity contribution in [3.63, 3.8) is 0 Å². The van der Waals surface area contributed by atoms with E-state index in [4.69, 9.17) is 15.7 Å². The summed E-state index contributed by atoms with van der Waals surface area (Å²) < 4.78 is 0. The number of nitrogens with zero attached hydrogens (tertiary/aromatic N) is 3. The van der Waals surface area contributed by atoms with Crippen LogP contribution in [0.4, 0.5) is 11.8 Å². The minimum atomic E-state index is -0.200. The summed E-state index contributed by atoms with van der Waals surface area (Å²) >= 11 is 0. The molecule has 1 aliphatic rings. The Kier molecular flexibility index (Phi) is 4.60. The van der Waals surface area contributed by atoms with Crippen molar-refractivity contribution in [3.8, 4) is 0 Å². The third-order valence-electron chi connectivity index (χ3n) is 4.31. The van der Waals surface area contributed by atoms with E-state index in [-0.39, 0.29) is 11.8 Å². The smallest absolute Gasteiger partial charge is 0.227 e. The Labute approximate surface area is 136 Å². The first-order chi connectivity index (χ1) is 11.2. The molecule has 2 heterocycles. The highest BCUT2D eigenvalue weighted by Gasteiger charge is 2.25. The van der Waals surface area contributed by atoms with Gasteiger partial charge in [-0.05, 0) is 31.4 Å². The lowest BCUT2D eigenvalue weighted by Crippen LogP contribution is -2.39. The molecule has 0 saturated carbocycles. The van der Waals surface area contributed by atoms with Crippen LogP contribution in [-0.2, 0) is 4.79 Å². The van der Waals surface area contributed by atoms with Crippen LogP contribution in [0, 0.1) is 5.92 Å². The van der Waals surface area contributed by atoms with E-state index in [2.05, 4.69) is 17.1 Å². The molecule has 0 spiro atoms. The summed E-state index contributed by atoms with van der Waals surface area (Å²) in [5, 5.41) is 4.43. The van der Waals surface area contributed by atoms with Crippen LogP contribution in [0.5, 0.6) is 0 Å². The molecule has 0 atom stereocenters. The zero-order valence-corrected chi connectivity index (χ0v) is 13.5. The molecule has 1 saturated heterocycles. The first kappa shape index (κ1) is 15.5. The van der Waals surface area contributed by atoms with Crippen molar-refractivity contribution in [2.24, 2.45) is 11.7 Å². The molecule has 3 N–H and O–H groups in total. The van der Waals surface area contributed by atoms with Gasteiger partial charge in [0, 0.05) is 30.9 Å². The Morgan fingerprint density at radius 1 is 1.30 bits per heavy atom. The Morgan fingerprint density at radius 2 is 2.04 bits per heavy atom. The van der Waals surface area contributed by atoms with Crippen LogP contribution in [0.1, 0.15) is 26.2 Å². The molecule has 1 amide bonds. The van der Waals surface area contributed by atoms with Gasteiger partial charge in [-0.3, -0.25) is 4.79 Å². The lowest BCUT2D eigenvalue weighted by Gasteiger charge is -2.30. The third kappa shape index (κ3) is 3.36. The fourth-order valence-corrected chi connectivity index (χ4v) is 2.95. The van der Waals surface area contributed by atoms with Gasteiger partial charge >= 0.3 is 0 Å². The van der Waals surface area contributed by atoms with E-state index >= 15 is 0 Å². The molecule has 3 rings (SSSR count). The van der Waals surface area contributed by atoms with Crippen molar-refractivity contribution in [2.45, 2.75) is 26.2 Å². The Morgan fingerprint density at radius 3 is 2.74 bits per heavy atom. The van der Waals surface area contributed by atoms with Crippen LogP contribution in [0.3, 0.4) is 0 Å². The van der Waals surface area contributed by atoms with Crippen molar-refractivity contribution in [3.05, 3.63) is 24.3 Å². The number of primary amides is 1. The average Bonchev–Trinajstić information content (AvgIpc) is 2.59. The second-order valence-electron chi connectivity index (χ2n) is 5.98. The molecule has 2 aromatic rings. The van der Waals surface area contributed by atoms with Crippen molar-refractivity contribution >= 4 is 28.6 Å². The summed E-state index contributed by atoms with van der Waals surface area (Å²) in [5.74, 6) is 1.38. The molecule has 1 aliphatic heterocycles. The molecule has 0 unspecified atom stereocenters. The van der Waals surface area contributed by atoms with Crippen LogP contribution in [0.2, 0.25) is 0 Å². The van der Waals surface area contributed by atoms with Gasteiger partial charge in [-0.25, -0.2) is 4.98 Å². The van der Waals surface area contributed by atoms with Gasteiger partial charge in [-0.2, -0.15) is 4.98 Å². The first-order valence-electron chi connectivity index (χ1n) is 8.24. The number of para-hydroxylation sites is 1. The molecule has 0 aliphatic carbocycles. The summed E-state index contributed by atoms with van der Waals surface area (Å²) in [5.41, 5.74) is 6.34. The molecule has 0 radical (unpaired) electrons. The summed E-state index contributed by atoms with van der Waals surface area (Å²) in [4.78, 5) is 22.9. The quantitative estimate of drug-likeness (QED) is 0.883.